The van der Waals surface area contributed by atoms with Gasteiger partial charge in [0.25, 0.3) is 0 Å². The third-order valence-corrected chi connectivity index (χ3v) is 4.94. The maximum atomic E-state index is 10.0. The molecule has 0 amide bonds. The van der Waals surface area contributed by atoms with Crippen LogP contribution in [0.4, 0.5) is 0 Å². The first kappa shape index (κ1) is 18.8. The number of rotatable bonds is 5. The van der Waals surface area contributed by atoms with Crippen molar-refractivity contribution in [3.05, 3.63) is 57.4 Å². The Morgan fingerprint density at radius 1 is 1.19 bits per heavy atom. The van der Waals surface area contributed by atoms with Crippen molar-refractivity contribution in [1.82, 2.24) is 4.98 Å². The molecule has 5 nitrogen and oxygen atoms in total. The number of phenols is 1. The predicted molar refractivity (Wildman–Crippen MR) is 107 cm³/mol. The Bertz CT molecular complexity index is 1010. The Morgan fingerprint density at radius 3 is 2.37 bits per heavy atom. The first-order valence-electron chi connectivity index (χ1n) is 7.84. The van der Waals surface area contributed by atoms with Gasteiger partial charge in [-0.3, -0.25) is 0 Å². The van der Waals surface area contributed by atoms with Gasteiger partial charge in [0, 0.05) is 16.0 Å². The molecule has 0 aliphatic heterocycles. The molecule has 0 bridgehead atoms. The van der Waals surface area contributed by atoms with Crippen LogP contribution in [0.5, 0.6) is 17.2 Å². The van der Waals surface area contributed by atoms with Crippen molar-refractivity contribution in [2.45, 2.75) is 0 Å². The molecule has 7 heteroatoms. The van der Waals surface area contributed by atoms with Gasteiger partial charge in [-0.2, -0.15) is 5.26 Å². The summed E-state index contributed by atoms with van der Waals surface area (Å²) < 4.78 is 10.3. The summed E-state index contributed by atoms with van der Waals surface area (Å²) in [5.74, 6) is 0.438. The number of halogens is 1. The molecule has 0 aliphatic carbocycles. The minimum absolute atomic E-state index is 0.0880. The zero-order valence-corrected chi connectivity index (χ0v) is 16.1. The lowest BCUT2D eigenvalue weighted by Gasteiger charge is -2.09. The average Bonchev–Trinajstić information content (AvgIpc) is 3.17. The normalized spacial score (nSPS) is 11.1. The molecule has 0 aliphatic rings. The summed E-state index contributed by atoms with van der Waals surface area (Å²) in [5, 5.41) is 22.7. The maximum absolute atomic E-state index is 10.0. The Kier molecular flexibility index (Phi) is 5.65. The van der Waals surface area contributed by atoms with E-state index in [-0.39, 0.29) is 17.2 Å². The van der Waals surface area contributed by atoms with Crippen LogP contribution in [0.3, 0.4) is 0 Å². The third-order valence-electron chi connectivity index (χ3n) is 3.81. The molecule has 1 heterocycles. The fourth-order valence-corrected chi connectivity index (χ4v) is 3.38. The number of aromatic hydroxyl groups is 1. The summed E-state index contributed by atoms with van der Waals surface area (Å²) in [5.41, 5.74) is 2.75. The minimum Gasteiger partial charge on any atom is -0.502 e. The van der Waals surface area contributed by atoms with Crippen LogP contribution in [0.15, 0.2) is 41.8 Å². The first-order chi connectivity index (χ1) is 13.0. The Balaban J connectivity index is 1.98. The molecule has 27 heavy (non-hydrogen) atoms. The molecule has 3 rings (SSSR count). The molecule has 2 aromatic carbocycles. The van der Waals surface area contributed by atoms with Crippen molar-refractivity contribution >= 4 is 34.6 Å². The fourth-order valence-electron chi connectivity index (χ4n) is 2.46. The van der Waals surface area contributed by atoms with E-state index < -0.39 is 0 Å². The van der Waals surface area contributed by atoms with Crippen LogP contribution in [0.25, 0.3) is 22.9 Å². The van der Waals surface area contributed by atoms with Gasteiger partial charge in [-0.05, 0) is 35.9 Å². The van der Waals surface area contributed by atoms with E-state index in [1.807, 2.05) is 17.5 Å². The SMILES string of the molecule is COc1cc(/C=C(\C#N)c2nc(-c3ccc(Cl)cc3)cs2)cc(OC)c1O. The van der Waals surface area contributed by atoms with Gasteiger partial charge in [-0.15, -0.1) is 11.3 Å². The van der Waals surface area contributed by atoms with Gasteiger partial charge >= 0.3 is 0 Å². The summed E-state index contributed by atoms with van der Waals surface area (Å²) in [7, 11) is 2.90. The highest BCUT2D eigenvalue weighted by atomic mass is 35.5. The van der Waals surface area contributed by atoms with Crippen molar-refractivity contribution in [1.29, 1.82) is 5.26 Å². The van der Waals surface area contributed by atoms with E-state index >= 15 is 0 Å². The molecule has 0 saturated carbocycles. The van der Waals surface area contributed by atoms with Gasteiger partial charge in [0.1, 0.15) is 11.1 Å². The number of hydrogen-bond acceptors (Lipinski definition) is 6. The molecule has 3 aromatic rings. The van der Waals surface area contributed by atoms with Crippen LogP contribution >= 0.6 is 22.9 Å². The van der Waals surface area contributed by atoms with E-state index in [0.717, 1.165) is 11.3 Å². The molecule has 0 radical (unpaired) electrons. The highest BCUT2D eigenvalue weighted by molar-refractivity contribution is 7.11. The largest absolute Gasteiger partial charge is 0.502 e. The quantitative estimate of drug-likeness (QED) is 0.594. The van der Waals surface area contributed by atoms with Crippen LogP contribution in [0.1, 0.15) is 10.6 Å². The minimum atomic E-state index is -0.0880. The smallest absolute Gasteiger partial charge is 0.200 e. The summed E-state index contributed by atoms with van der Waals surface area (Å²) in [6, 6.07) is 12.8. The number of nitrogens with zero attached hydrogens (tertiary/aromatic N) is 2. The monoisotopic (exact) mass is 398 g/mol. The number of hydrogen-bond donors (Lipinski definition) is 1. The van der Waals surface area contributed by atoms with E-state index in [9.17, 15) is 10.4 Å². The van der Waals surface area contributed by atoms with Crippen LogP contribution in [-0.2, 0) is 0 Å². The molecule has 0 saturated heterocycles. The first-order valence-corrected chi connectivity index (χ1v) is 9.10. The standard InChI is InChI=1S/C20H15ClN2O3S/c1-25-17-8-12(9-18(26-2)19(17)24)7-14(10-22)20-23-16(11-27-20)13-3-5-15(21)6-4-13/h3-9,11,24H,1-2H3/b14-7+. The molecular weight excluding hydrogens is 384 g/mol. The highest BCUT2D eigenvalue weighted by Crippen LogP contribution is 2.38. The van der Waals surface area contributed by atoms with Crippen LogP contribution in [0.2, 0.25) is 5.02 Å². The maximum Gasteiger partial charge on any atom is 0.200 e. The number of thiazole rings is 1. The zero-order valence-electron chi connectivity index (χ0n) is 14.6. The number of phenolic OH excluding ortho intramolecular Hbond substituents is 1. The number of methoxy groups -OCH3 is 2. The Morgan fingerprint density at radius 2 is 1.81 bits per heavy atom. The van der Waals surface area contributed by atoms with E-state index in [4.69, 9.17) is 21.1 Å². The summed E-state index contributed by atoms with van der Waals surface area (Å²) in [6.07, 6.45) is 1.68. The number of ether oxygens (including phenoxy) is 2. The summed E-state index contributed by atoms with van der Waals surface area (Å²) in [6.45, 7) is 0. The van der Waals surface area contributed by atoms with Gasteiger partial charge in [-0.25, -0.2) is 4.98 Å². The Labute approximate surface area is 165 Å². The van der Waals surface area contributed by atoms with E-state index in [1.165, 1.54) is 25.6 Å². The summed E-state index contributed by atoms with van der Waals surface area (Å²) in [4.78, 5) is 4.55. The highest BCUT2D eigenvalue weighted by Gasteiger charge is 2.13. The molecule has 0 spiro atoms. The second kappa shape index (κ2) is 8.12. The second-order valence-electron chi connectivity index (χ2n) is 5.49. The van der Waals surface area contributed by atoms with Gasteiger partial charge in [0.05, 0.1) is 25.5 Å². The van der Waals surface area contributed by atoms with Gasteiger partial charge in [-0.1, -0.05) is 23.7 Å². The van der Waals surface area contributed by atoms with Gasteiger partial charge in [0.2, 0.25) is 5.75 Å². The second-order valence-corrected chi connectivity index (χ2v) is 6.78. The number of nitriles is 1. The topological polar surface area (TPSA) is 75.4 Å². The van der Waals surface area contributed by atoms with Crippen LogP contribution < -0.4 is 9.47 Å². The number of benzene rings is 2. The lowest BCUT2D eigenvalue weighted by Crippen LogP contribution is -1.90. The molecule has 0 unspecified atom stereocenters. The molecule has 0 fully saturated rings. The van der Waals surface area contributed by atoms with Crippen molar-refractivity contribution in [3.63, 3.8) is 0 Å². The third kappa shape index (κ3) is 4.05. The van der Waals surface area contributed by atoms with Crippen LogP contribution in [-0.4, -0.2) is 24.3 Å². The van der Waals surface area contributed by atoms with Crippen LogP contribution in [0, 0.1) is 11.3 Å². The van der Waals surface area contributed by atoms with E-state index in [1.54, 1.807) is 30.3 Å². The number of allylic oxidation sites excluding steroid dienone is 1. The molecule has 0 atom stereocenters. The molecular formula is C20H15ClN2O3S. The van der Waals surface area contributed by atoms with Gasteiger partial charge < -0.3 is 14.6 Å². The van der Waals surface area contributed by atoms with Crippen molar-refractivity contribution in [3.8, 4) is 34.6 Å². The van der Waals surface area contributed by atoms with Gasteiger partial charge in [0.15, 0.2) is 11.5 Å². The number of aromatic nitrogens is 1. The average molecular weight is 399 g/mol. The van der Waals surface area contributed by atoms with Crippen molar-refractivity contribution < 1.29 is 14.6 Å². The van der Waals surface area contributed by atoms with E-state index in [2.05, 4.69) is 11.1 Å². The lowest BCUT2D eigenvalue weighted by molar-refractivity contribution is 0.340. The van der Waals surface area contributed by atoms with Crippen molar-refractivity contribution in [2.75, 3.05) is 14.2 Å². The van der Waals surface area contributed by atoms with E-state index in [0.29, 0.717) is 21.2 Å². The van der Waals surface area contributed by atoms with Crippen molar-refractivity contribution in [2.24, 2.45) is 0 Å². The summed E-state index contributed by atoms with van der Waals surface area (Å²) >= 11 is 7.30. The Hall–Kier alpha value is -3.01. The molecule has 1 aromatic heterocycles. The predicted octanol–water partition coefficient (Wildman–Crippen LogP) is 5.25. The fraction of sp³-hybridized carbons (Fsp3) is 0.100. The molecule has 1 N–H and O–H groups in total. The lowest BCUT2D eigenvalue weighted by atomic mass is 10.1. The molecule has 136 valence electrons. The zero-order chi connectivity index (χ0) is 19.4.